The van der Waals surface area contributed by atoms with Crippen molar-refractivity contribution in [2.45, 2.75) is 139 Å². The second-order valence-electron chi connectivity index (χ2n) is 29.6. The Balaban J connectivity index is 0.000000188. The highest BCUT2D eigenvalue weighted by Gasteiger charge is 2.68. The number of carboxylic acids is 1. The van der Waals surface area contributed by atoms with E-state index >= 15 is 8.78 Å². The van der Waals surface area contributed by atoms with Gasteiger partial charge < -0.3 is 21.1 Å². The maximum atomic E-state index is 15.4. The number of alkyl halides is 11. The molecule has 7 N–H and O–H groups in total. The van der Waals surface area contributed by atoms with E-state index in [4.69, 9.17) is 43.8 Å². The van der Waals surface area contributed by atoms with Crippen LogP contribution in [0.2, 0.25) is 10.0 Å². The molecule has 4 aliphatic rings. The first-order valence-electron chi connectivity index (χ1n) is 35.4. The van der Waals surface area contributed by atoms with Gasteiger partial charge in [-0.25, -0.2) is 61.9 Å². The number of anilines is 2. The number of nitrogens with two attached hydrogens (primary N) is 1. The third-order valence-electron chi connectivity index (χ3n) is 18.9. The van der Waals surface area contributed by atoms with E-state index in [1.807, 2.05) is 0 Å². The second-order valence-corrected chi connectivity index (χ2v) is 33.9. The highest BCUT2D eigenvalue weighted by Crippen LogP contribution is 2.69. The maximum Gasteiger partial charge on any atom is 0.446 e. The van der Waals surface area contributed by atoms with E-state index in [1.54, 1.807) is 50.5 Å². The number of rotatable bonds is 20. The number of carboxylic acid groups (broad SMARTS) is 1. The Morgan fingerprint density at radius 3 is 1.34 bits per heavy atom. The Morgan fingerprint density at radius 2 is 0.966 bits per heavy atom. The number of aliphatic carboxylic acids is 1. The molecule has 14 rings (SSSR count). The van der Waals surface area contributed by atoms with Crippen molar-refractivity contribution in [1.29, 1.82) is 0 Å². The van der Waals surface area contributed by atoms with Crippen LogP contribution in [-0.4, -0.2) is 129 Å². The summed E-state index contributed by atoms with van der Waals surface area (Å²) in [5.41, 5.74) is 4.75. The van der Waals surface area contributed by atoms with Gasteiger partial charge in [0.1, 0.15) is 81.7 Å². The molecule has 42 heteroatoms. The number of nitrogens with one attached hydrogen (secondary N) is 2. The Kier molecular flexibility index (Phi) is 24.9. The number of aromatic nitrogens is 10. The van der Waals surface area contributed by atoms with Crippen LogP contribution in [0.3, 0.4) is 0 Å². The molecule has 0 spiro atoms. The molecule has 10 aromatic rings. The van der Waals surface area contributed by atoms with Crippen LogP contribution < -0.4 is 15.2 Å². The van der Waals surface area contributed by atoms with E-state index in [9.17, 15) is 93.7 Å². The average Bonchev–Trinajstić information content (AvgIpc) is 1.52. The minimum atomic E-state index is -4.64. The quantitative estimate of drug-likeness (QED) is 0.0235. The molecule has 0 amide bonds. The summed E-state index contributed by atoms with van der Waals surface area (Å²) < 4.78 is 257. The first kappa shape index (κ1) is 89.2. The van der Waals surface area contributed by atoms with Gasteiger partial charge in [-0.15, -0.1) is 0 Å². The number of nitrogens with zero attached hydrogens (tertiary/aromatic N) is 10. The Hall–Kier alpha value is -10.6. The predicted octanol–water partition coefficient (Wildman–Crippen LogP) is 14.6. The van der Waals surface area contributed by atoms with Crippen molar-refractivity contribution in [1.82, 2.24) is 49.1 Å². The third-order valence-corrected chi connectivity index (χ3v) is 20.7. The molecule has 2 fully saturated rings. The van der Waals surface area contributed by atoms with Crippen molar-refractivity contribution in [2.24, 2.45) is 31.7 Å². The standard InChI is InChI=1S/C38H33ClF6N6O4S.C27H26ClF2N5O3S.C10H8F4N2O2.C2HF3O/c1-37(2,53)10-9-22-5-6-24(25-7-8-28(39)30-33(25)50(3)48-36(30)49-56(4,54)55)31(46-22)19(11-18-12-20(40)15-21(41)13-18)14-23(52)17-51-34-29(32(47-51)35(42)43)26-16-27(26)38(34,44)45;1-27(2,36)10-9-18-5-6-19(24(32-18)22(31)13-15-11-16(29)14-17(30)12-15)20-7-8-21(28)23-25(20)35(3)33-26(23)34-39(4,37)38;11-9(12)7-6-3-1-4(3)10(13,14)8(6)16(15-7)2-5(17)18;3-2(4,5)1-6/h5-8,12-13,15,19,26-27,35,53H,11,14,16-17H2,1-4H3,(H,48,49);5-8,11-12,14,22,36H,13,31H2,1-4H3,(H,33,34);3-4,9H,1-2H2,(H,17,18);1H/t19-,26+,27-;22-;3-,4+;/m100./s1. The van der Waals surface area contributed by atoms with Gasteiger partial charge in [-0.2, -0.15) is 51.1 Å². The van der Waals surface area contributed by atoms with E-state index < -0.39 is 181 Å². The van der Waals surface area contributed by atoms with Gasteiger partial charge in [-0.05, 0) is 149 Å². The number of aliphatic hydroxyl groups is 2. The molecule has 0 unspecified atom stereocenters. The number of fused-ring (bicyclic) bond motifs is 8. The molecule has 632 valence electrons. The molecule has 0 aliphatic heterocycles. The summed E-state index contributed by atoms with van der Waals surface area (Å²) in [4.78, 5) is 42.7. The van der Waals surface area contributed by atoms with Crippen LogP contribution in [0, 0.1) is 58.8 Å². The summed E-state index contributed by atoms with van der Waals surface area (Å²) in [6.07, 6.45) is -10.3. The van der Waals surface area contributed by atoms with Crippen molar-refractivity contribution >= 4 is 94.7 Å². The molecule has 6 aromatic heterocycles. The number of ketones is 1. The molecule has 4 aromatic carbocycles. The van der Waals surface area contributed by atoms with Crippen molar-refractivity contribution in [3.63, 3.8) is 0 Å². The molecule has 0 bridgehead atoms. The lowest BCUT2D eigenvalue weighted by molar-refractivity contribution is -0.156. The van der Waals surface area contributed by atoms with Crippen LogP contribution in [0.4, 0.5) is 77.5 Å². The number of carbonyl (C=O) groups is 3. The number of aldehydes is 1. The number of carbonyl (C=O) groups excluding carboxylic acids is 2. The Labute approximate surface area is 677 Å². The Morgan fingerprint density at radius 1 is 0.597 bits per heavy atom. The van der Waals surface area contributed by atoms with E-state index in [-0.39, 0.29) is 80.8 Å². The van der Waals surface area contributed by atoms with E-state index in [0.29, 0.717) is 71.1 Å². The fraction of sp³-hybridized carbons (Fsp3) is 0.364. The number of hydrogen-bond donors (Lipinski definition) is 6. The highest BCUT2D eigenvalue weighted by atomic mass is 35.5. The summed E-state index contributed by atoms with van der Waals surface area (Å²) in [5.74, 6) is -5.73. The van der Waals surface area contributed by atoms with E-state index in [1.165, 1.54) is 61.3 Å². The molecule has 0 radical (unpaired) electrons. The summed E-state index contributed by atoms with van der Waals surface area (Å²) in [5, 5.41) is 45.7. The largest absolute Gasteiger partial charge is 0.480 e. The van der Waals surface area contributed by atoms with Crippen LogP contribution in [0.5, 0.6) is 0 Å². The zero-order chi connectivity index (χ0) is 87.8. The molecule has 4 aliphatic carbocycles. The van der Waals surface area contributed by atoms with Crippen molar-refractivity contribution in [3.8, 4) is 45.9 Å². The molecule has 2 saturated carbocycles. The average molecular weight is 1760 g/mol. The van der Waals surface area contributed by atoms with Crippen LogP contribution in [0.25, 0.3) is 44.1 Å². The fourth-order valence-electron chi connectivity index (χ4n) is 14.4. The second kappa shape index (κ2) is 33.2. The smallest absolute Gasteiger partial charge is 0.446 e. The molecule has 0 saturated heterocycles. The number of Topliss-reactive ketones (excluding diaryl/α,β-unsaturated/α-hetero) is 1. The molecule has 23 nitrogen and oxygen atoms in total. The van der Waals surface area contributed by atoms with Crippen molar-refractivity contribution < 1.29 is 112 Å². The van der Waals surface area contributed by atoms with Gasteiger partial charge in [-0.1, -0.05) is 47.2 Å². The number of hydrogen-bond acceptors (Lipinski definition) is 16. The molecular weight excluding hydrogens is 1690 g/mol. The minimum absolute atomic E-state index is 0.0349. The van der Waals surface area contributed by atoms with Crippen molar-refractivity contribution in [3.05, 3.63) is 186 Å². The highest BCUT2D eigenvalue weighted by molar-refractivity contribution is 7.92. The van der Waals surface area contributed by atoms with Crippen LogP contribution in [0.15, 0.2) is 84.9 Å². The fourth-order valence-corrected chi connectivity index (χ4v) is 15.9. The van der Waals surface area contributed by atoms with Gasteiger partial charge in [0.2, 0.25) is 26.3 Å². The summed E-state index contributed by atoms with van der Waals surface area (Å²) in [6.45, 7) is 4.33. The van der Waals surface area contributed by atoms with Gasteiger partial charge >= 0.3 is 12.1 Å². The van der Waals surface area contributed by atoms with Gasteiger partial charge in [0.15, 0.2) is 17.4 Å². The topological polar surface area (TPSA) is 327 Å². The molecule has 119 heavy (non-hydrogen) atoms. The SMILES string of the molecule is Cn1nc(NS(C)(=O)=O)c2c(Cl)ccc(-c3ccc(C#CC(C)(C)O)nc3[C@@H](CC(=O)Cn3nc(C(F)F)c4c3C(F)(F)[C@@H]3C[C@H]43)Cc3cc(F)cc(F)c3)c21.Cn1nc(NS(C)(=O)=O)c2c(Cl)ccc(-c3ccc(C#CC(C)(C)O)nc3[C@@H](N)Cc3cc(F)cc(F)c3)c21.O=C(O)Cn1nc(C(F)F)c2c1C(F)(F)[C@@H]1C[C@H]21.O=CC(F)(F)F. The summed E-state index contributed by atoms with van der Waals surface area (Å²) >= 11 is 13.1. The normalized spacial score (nSPS) is 17.2. The van der Waals surface area contributed by atoms with Crippen molar-refractivity contribution in [2.75, 3.05) is 22.0 Å². The first-order chi connectivity index (χ1) is 55.1. The lowest BCUT2D eigenvalue weighted by atomic mass is 9.86. The van der Waals surface area contributed by atoms with Crippen LogP contribution in [0.1, 0.15) is 151 Å². The van der Waals surface area contributed by atoms with Gasteiger partial charge in [-0.3, -0.25) is 42.6 Å². The predicted molar refractivity (Wildman–Crippen MR) is 404 cm³/mol. The summed E-state index contributed by atoms with van der Waals surface area (Å²) in [7, 11) is -4.29. The lowest BCUT2D eigenvalue weighted by Crippen LogP contribution is -2.24. The van der Waals surface area contributed by atoms with Crippen LogP contribution >= 0.6 is 23.2 Å². The monoisotopic (exact) mass is 1750 g/mol. The van der Waals surface area contributed by atoms with Gasteiger partial charge in [0, 0.05) is 83.8 Å². The van der Waals surface area contributed by atoms with E-state index in [0.717, 1.165) is 30.7 Å². The molecule has 6 atom stereocenters. The lowest BCUT2D eigenvalue weighted by Gasteiger charge is -2.22. The Bertz CT molecular complexity index is 6060. The zero-order valence-corrected chi connectivity index (χ0v) is 66.4. The van der Waals surface area contributed by atoms with Gasteiger partial charge in [0.05, 0.1) is 61.8 Å². The third kappa shape index (κ3) is 20.3. The van der Waals surface area contributed by atoms with E-state index in [2.05, 4.69) is 58.5 Å². The first-order valence-corrected chi connectivity index (χ1v) is 39.9. The number of aryl methyl sites for hydroxylation is 2. The van der Waals surface area contributed by atoms with Crippen LogP contribution in [-0.2, 0) is 86.3 Å². The minimum Gasteiger partial charge on any atom is -0.480 e. The maximum absolute atomic E-state index is 15.4. The number of pyridine rings is 2. The van der Waals surface area contributed by atoms with Gasteiger partial charge in [0.25, 0.3) is 24.7 Å². The number of halogens is 17. The molecular formula is C77H68Cl2F15N13O10S2. The molecule has 6 heterocycles. The summed E-state index contributed by atoms with van der Waals surface area (Å²) in [6, 6.07) is 18.1. The number of sulfonamides is 2. The zero-order valence-electron chi connectivity index (χ0n) is 63.2. The number of benzene rings is 4.